The van der Waals surface area contributed by atoms with E-state index in [-0.39, 0.29) is 28.2 Å². The van der Waals surface area contributed by atoms with Gasteiger partial charge in [-0.25, -0.2) is 4.79 Å². The van der Waals surface area contributed by atoms with Gasteiger partial charge in [-0.05, 0) is 81.0 Å². The van der Waals surface area contributed by atoms with E-state index in [0.717, 1.165) is 32.1 Å². The minimum absolute atomic E-state index is 0.0369. The zero-order valence-corrected chi connectivity index (χ0v) is 32.7. The maximum absolute atomic E-state index is 14.9. The highest BCUT2D eigenvalue weighted by Crippen LogP contribution is 2.88. The molecule has 3 aliphatic carbocycles. The molecule has 1 aliphatic heterocycles. The molecule has 0 aromatic heterocycles. The topological polar surface area (TPSA) is 166 Å². The molecule has 6 atom stereocenters. The van der Waals surface area contributed by atoms with Gasteiger partial charge in [0.05, 0.1) is 6.04 Å². The summed E-state index contributed by atoms with van der Waals surface area (Å²) < 4.78 is 5.45. The van der Waals surface area contributed by atoms with Crippen molar-refractivity contribution in [1.29, 1.82) is 0 Å². The number of carbonyl (C=O) groups is 5. The Kier molecular flexibility index (Phi) is 10.8. The second kappa shape index (κ2) is 13.6. The molecule has 50 heavy (non-hydrogen) atoms. The Labute approximate surface area is 299 Å². The van der Waals surface area contributed by atoms with E-state index in [2.05, 4.69) is 35.1 Å². The van der Waals surface area contributed by atoms with Gasteiger partial charge in [-0.1, -0.05) is 75.2 Å². The van der Waals surface area contributed by atoms with Crippen LogP contribution in [0.4, 0.5) is 4.79 Å². The number of aliphatic hydroxyl groups is 1. The molecule has 284 valence electrons. The van der Waals surface area contributed by atoms with Crippen LogP contribution in [0.5, 0.6) is 0 Å². The monoisotopic (exact) mass is 703 g/mol. The Morgan fingerprint density at radius 3 is 1.86 bits per heavy atom. The predicted octanol–water partition coefficient (Wildman–Crippen LogP) is 4.18. The lowest BCUT2D eigenvalue weighted by molar-refractivity contribution is -0.145. The third-order valence-corrected chi connectivity index (χ3v) is 12.1. The van der Waals surface area contributed by atoms with Gasteiger partial charge in [-0.2, -0.15) is 0 Å². The van der Waals surface area contributed by atoms with Crippen LogP contribution in [0.1, 0.15) is 134 Å². The van der Waals surface area contributed by atoms with E-state index in [0.29, 0.717) is 25.8 Å². The summed E-state index contributed by atoms with van der Waals surface area (Å²) in [6, 6.07) is -3.63. The van der Waals surface area contributed by atoms with Gasteiger partial charge < -0.3 is 36.0 Å². The molecule has 4 rings (SSSR count). The quantitative estimate of drug-likeness (QED) is 0.215. The molecule has 1 heterocycles. The fraction of sp³-hybridized carbons (Fsp3) is 0.868. The Morgan fingerprint density at radius 2 is 1.42 bits per heavy atom. The van der Waals surface area contributed by atoms with Crippen LogP contribution in [0.15, 0.2) is 0 Å². The van der Waals surface area contributed by atoms with Crippen molar-refractivity contribution >= 4 is 29.7 Å². The highest BCUT2D eigenvalue weighted by molar-refractivity contribution is 5.95. The van der Waals surface area contributed by atoms with E-state index in [4.69, 9.17) is 4.74 Å². The Morgan fingerprint density at radius 1 is 0.840 bits per heavy atom. The average Bonchev–Trinajstić information content (AvgIpc) is 3.76. The number of amides is 5. The number of nitrogens with one attached hydrogen (secondary N) is 4. The SMILES string of the molecule is CCC[C@H](NC(=O)[C@@H]1C[C@@]2(CN1C(=O)[C@@H](NC(=O)[C@@H](NC(=O)OC(C)(C)C)C(C)(C)C)C(C)(C)C)C(C)(C)C21CCC1)C(O)C(=O)NC1CC1. The Balaban J connectivity index is 1.63. The standard InChI is InChI=1S/C38H65N5O7/c1-13-15-23(25(44)29(46)39-22-16-17-22)40-28(45)24-20-38(36(11,12)37(38)18-14-19-37)21-43(24)31(48)27(34(5,6)7)41-30(47)26(33(2,3)4)42-32(49)50-35(8,9)10/h22-27,44H,13-21H2,1-12H3,(H,39,46)(H,40,45)(H,41,47)(H,42,49)/t23-,24-,25?,26+,27+,38+/m0/s1. The number of hydrogen-bond donors (Lipinski definition) is 5. The fourth-order valence-electron chi connectivity index (χ4n) is 8.80. The smallest absolute Gasteiger partial charge is 0.408 e. The normalized spacial score (nSPS) is 26.3. The second-order valence-electron chi connectivity index (χ2n) is 19.2. The predicted molar refractivity (Wildman–Crippen MR) is 191 cm³/mol. The van der Waals surface area contributed by atoms with Crippen LogP contribution in [-0.4, -0.2) is 88.2 Å². The molecule has 0 bridgehead atoms. The number of hydrogen-bond acceptors (Lipinski definition) is 7. The number of likely N-dealkylation sites (tertiary alicyclic amines) is 1. The molecule has 12 nitrogen and oxygen atoms in total. The van der Waals surface area contributed by atoms with E-state index < -0.39 is 70.5 Å². The molecular formula is C38H65N5O7. The van der Waals surface area contributed by atoms with E-state index in [1.807, 2.05) is 48.5 Å². The summed E-state index contributed by atoms with van der Waals surface area (Å²) in [5.41, 5.74) is -2.57. The van der Waals surface area contributed by atoms with Gasteiger partial charge in [-0.3, -0.25) is 19.2 Å². The van der Waals surface area contributed by atoms with Crippen molar-refractivity contribution < 1.29 is 33.8 Å². The number of fused-ring (bicyclic) bond motifs is 1. The van der Waals surface area contributed by atoms with E-state index in [1.165, 1.54) is 0 Å². The largest absolute Gasteiger partial charge is 0.444 e. The van der Waals surface area contributed by atoms with Crippen molar-refractivity contribution in [2.75, 3.05) is 6.54 Å². The van der Waals surface area contributed by atoms with Crippen LogP contribution in [0.3, 0.4) is 0 Å². The van der Waals surface area contributed by atoms with Crippen molar-refractivity contribution in [3.05, 3.63) is 0 Å². The number of nitrogens with zero attached hydrogens (tertiary/aromatic N) is 1. The van der Waals surface area contributed by atoms with Gasteiger partial charge in [0.2, 0.25) is 17.7 Å². The first-order valence-corrected chi connectivity index (χ1v) is 18.7. The zero-order valence-electron chi connectivity index (χ0n) is 32.7. The molecule has 4 aliphatic rings. The van der Waals surface area contributed by atoms with Crippen LogP contribution in [-0.2, 0) is 23.9 Å². The molecular weight excluding hydrogens is 638 g/mol. The van der Waals surface area contributed by atoms with Gasteiger partial charge in [-0.15, -0.1) is 0 Å². The molecule has 0 radical (unpaired) electrons. The first-order chi connectivity index (χ1) is 22.8. The van der Waals surface area contributed by atoms with E-state index >= 15 is 0 Å². The van der Waals surface area contributed by atoms with Crippen molar-refractivity contribution in [2.45, 2.75) is 176 Å². The molecule has 1 saturated heterocycles. The van der Waals surface area contributed by atoms with E-state index in [9.17, 15) is 29.1 Å². The highest BCUT2D eigenvalue weighted by Gasteiger charge is 2.85. The van der Waals surface area contributed by atoms with Crippen LogP contribution in [0.2, 0.25) is 0 Å². The Bertz CT molecular complexity index is 1330. The fourth-order valence-corrected chi connectivity index (χ4v) is 8.80. The summed E-state index contributed by atoms with van der Waals surface area (Å²) in [6.07, 6.45) is 4.29. The molecule has 12 heteroatoms. The molecule has 5 N–H and O–H groups in total. The average molecular weight is 704 g/mol. The summed E-state index contributed by atoms with van der Waals surface area (Å²) in [6.45, 7) is 23.1. The van der Waals surface area contributed by atoms with Crippen LogP contribution in [0, 0.1) is 27.1 Å². The van der Waals surface area contributed by atoms with Crippen LogP contribution < -0.4 is 21.3 Å². The van der Waals surface area contributed by atoms with Gasteiger partial charge >= 0.3 is 6.09 Å². The molecule has 0 aromatic rings. The lowest BCUT2D eigenvalue weighted by Gasteiger charge is -2.38. The number of alkyl carbamates (subject to hydrolysis) is 1. The highest BCUT2D eigenvalue weighted by atomic mass is 16.6. The minimum atomic E-state index is -1.41. The van der Waals surface area contributed by atoms with Crippen molar-refractivity contribution in [1.82, 2.24) is 26.2 Å². The third kappa shape index (κ3) is 7.65. The van der Waals surface area contributed by atoms with Crippen molar-refractivity contribution in [3.63, 3.8) is 0 Å². The molecule has 4 fully saturated rings. The number of rotatable bonds is 11. The summed E-state index contributed by atoms with van der Waals surface area (Å²) in [5.74, 6) is -1.80. The van der Waals surface area contributed by atoms with E-state index in [1.54, 1.807) is 25.7 Å². The molecule has 2 spiro atoms. The third-order valence-electron chi connectivity index (χ3n) is 12.1. The first kappa shape index (κ1) is 39.9. The van der Waals surface area contributed by atoms with Crippen LogP contribution >= 0.6 is 0 Å². The number of ether oxygens (including phenoxy) is 1. The van der Waals surface area contributed by atoms with Gasteiger partial charge in [0.1, 0.15) is 23.7 Å². The number of aliphatic hydroxyl groups excluding tert-OH is 1. The van der Waals surface area contributed by atoms with Crippen molar-refractivity contribution in [3.8, 4) is 0 Å². The maximum Gasteiger partial charge on any atom is 0.408 e. The van der Waals surface area contributed by atoms with Gasteiger partial charge in [0, 0.05) is 18.0 Å². The summed E-state index contributed by atoms with van der Waals surface area (Å²) in [7, 11) is 0. The van der Waals surface area contributed by atoms with Gasteiger partial charge in [0.15, 0.2) is 6.10 Å². The van der Waals surface area contributed by atoms with Gasteiger partial charge in [0.25, 0.3) is 5.91 Å². The van der Waals surface area contributed by atoms with Crippen LogP contribution in [0.25, 0.3) is 0 Å². The summed E-state index contributed by atoms with van der Waals surface area (Å²) in [5, 5.41) is 22.5. The molecule has 0 aromatic carbocycles. The first-order valence-electron chi connectivity index (χ1n) is 18.7. The maximum atomic E-state index is 14.9. The second-order valence-corrected chi connectivity index (χ2v) is 19.2. The number of carbonyl (C=O) groups excluding carboxylic acids is 5. The lowest BCUT2D eigenvalue weighted by Crippen LogP contribution is -2.62. The minimum Gasteiger partial charge on any atom is -0.444 e. The Hall–Kier alpha value is -2.89. The van der Waals surface area contributed by atoms with Crippen molar-refractivity contribution in [2.24, 2.45) is 27.1 Å². The lowest BCUT2D eigenvalue weighted by atomic mass is 9.73. The molecule has 5 amide bonds. The summed E-state index contributed by atoms with van der Waals surface area (Å²) >= 11 is 0. The summed E-state index contributed by atoms with van der Waals surface area (Å²) in [4.78, 5) is 70.5. The molecule has 1 unspecified atom stereocenters. The molecule has 3 saturated carbocycles. The zero-order chi connectivity index (χ0) is 37.8.